The van der Waals surface area contributed by atoms with Crippen LogP contribution in [0.2, 0.25) is 0 Å². The van der Waals surface area contributed by atoms with Crippen LogP contribution in [0.15, 0.2) is 42.7 Å². The molecule has 0 aliphatic carbocycles. The van der Waals surface area contributed by atoms with Crippen LogP contribution in [-0.2, 0) is 4.74 Å². The minimum absolute atomic E-state index is 0.189. The largest absolute Gasteiger partial charge is 0.449 e. The molecule has 2 rings (SSSR count). The zero-order chi connectivity index (χ0) is 12.1. The predicted octanol–water partition coefficient (Wildman–Crippen LogP) is 2.68. The topological polar surface area (TPSA) is 53.4 Å². The van der Waals surface area contributed by atoms with Gasteiger partial charge in [-0.25, -0.2) is 14.3 Å². The van der Waals surface area contributed by atoms with Crippen molar-refractivity contribution in [3.8, 4) is 11.8 Å². The van der Waals surface area contributed by atoms with Crippen molar-refractivity contribution in [1.82, 2.24) is 9.55 Å². The monoisotopic (exact) mass is 232 g/mol. The van der Waals surface area contributed by atoms with E-state index >= 15 is 0 Å². The van der Waals surface area contributed by atoms with E-state index in [0.29, 0.717) is 12.4 Å². The zero-order valence-corrected chi connectivity index (χ0v) is 9.37. The summed E-state index contributed by atoms with van der Waals surface area (Å²) in [5.74, 6) is 0.615. The highest BCUT2D eigenvalue weighted by molar-refractivity contribution is 5.71. The second kappa shape index (κ2) is 5.16. The van der Waals surface area contributed by atoms with Gasteiger partial charge in [-0.3, -0.25) is 0 Å². The van der Waals surface area contributed by atoms with Crippen LogP contribution in [0.25, 0.3) is 0 Å². The lowest BCUT2D eigenvalue weighted by atomic mass is 10.3. The van der Waals surface area contributed by atoms with E-state index in [1.807, 2.05) is 18.2 Å². The van der Waals surface area contributed by atoms with E-state index in [0.717, 1.165) is 0 Å². The highest BCUT2D eigenvalue weighted by Gasteiger charge is 2.12. The average molecular weight is 232 g/mol. The predicted molar refractivity (Wildman–Crippen MR) is 61.2 cm³/mol. The molecule has 0 atom stereocenters. The number of hydrogen-bond donors (Lipinski definition) is 0. The Balaban J connectivity index is 2.17. The molecule has 1 aromatic carbocycles. The lowest BCUT2D eigenvalue weighted by molar-refractivity contribution is 0.151. The minimum atomic E-state index is -0.504. The van der Waals surface area contributed by atoms with Crippen LogP contribution < -0.4 is 4.74 Å². The number of hydrogen-bond acceptors (Lipinski definition) is 4. The van der Waals surface area contributed by atoms with Gasteiger partial charge in [-0.1, -0.05) is 18.2 Å². The van der Waals surface area contributed by atoms with Gasteiger partial charge in [-0.05, 0) is 19.1 Å². The number of imidazole rings is 1. The number of ether oxygens (including phenoxy) is 2. The molecular formula is C12H12N2O3. The number of para-hydroxylation sites is 1. The molecule has 0 aliphatic rings. The summed E-state index contributed by atoms with van der Waals surface area (Å²) in [6, 6.07) is 9.31. The van der Waals surface area contributed by atoms with E-state index in [-0.39, 0.29) is 6.01 Å². The lowest BCUT2D eigenvalue weighted by Gasteiger charge is -2.07. The van der Waals surface area contributed by atoms with Crippen molar-refractivity contribution in [1.29, 1.82) is 0 Å². The molecule has 0 spiro atoms. The molecule has 1 aromatic heterocycles. The normalized spacial score (nSPS) is 9.94. The Hall–Kier alpha value is -2.30. The first kappa shape index (κ1) is 11.2. The Bertz CT molecular complexity index is 493. The summed E-state index contributed by atoms with van der Waals surface area (Å²) in [5, 5.41) is 0. The summed E-state index contributed by atoms with van der Waals surface area (Å²) in [5.41, 5.74) is 0. The molecule has 1 heterocycles. The third kappa shape index (κ3) is 2.63. The molecule has 5 heteroatoms. The van der Waals surface area contributed by atoms with E-state index < -0.39 is 6.09 Å². The highest BCUT2D eigenvalue weighted by Crippen LogP contribution is 2.18. The number of rotatable bonds is 3. The van der Waals surface area contributed by atoms with E-state index in [4.69, 9.17) is 9.47 Å². The molecule has 0 bridgehead atoms. The van der Waals surface area contributed by atoms with E-state index in [9.17, 15) is 4.79 Å². The van der Waals surface area contributed by atoms with Gasteiger partial charge in [0.25, 0.3) is 0 Å². The molecule has 0 unspecified atom stereocenters. The van der Waals surface area contributed by atoms with Gasteiger partial charge < -0.3 is 9.47 Å². The molecule has 88 valence electrons. The molecule has 0 amide bonds. The fourth-order valence-corrected chi connectivity index (χ4v) is 1.29. The molecule has 0 saturated carbocycles. The van der Waals surface area contributed by atoms with Gasteiger partial charge in [0.2, 0.25) is 0 Å². The number of carbonyl (C=O) groups excluding carboxylic acids is 1. The molecule has 0 saturated heterocycles. The van der Waals surface area contributed by atoms with Gasteiger partial charge in [0.15, 0.2) is 0 Å². The molecular weight excluding hydrogens is 220 g/mol. The Kier molecular flexibility index (Phi) is 3.40. The number of nitrogens with zero attached hydrogens (tertiary/aromatic N) is 2. The van der Waals surface area contributed by atoms with Gasteiger partial charge >= 0.3 is 12.1 Å². The van der Waals surface area contributed by atoms with Crippen LogP contribution in [0.3, 0.4) is 0 Å². The van der Waals surface area contributed by atoms with Crippen LogP contribution in [0.5, 0.6) is 11.8 Å². The van der Waals surface area contributed by atoms with E-state index in [2.05, 4.69) is 4.98 Å². The molecule has 2 aromatic rings. The summed E-state index contributed by atoms with van der Waals surface area (Å²) in [6.45, 7) is 2.05. The second-order valence-electron chi connectivity index (χ2n) is 3.19. The third-order valence-corrected chi connectivity index (χ3v) is 2.02. The maximum absolute atomic E-state index is 11.5. The van der Waals surface area contributed by atoms with Crippen LogP contribution >= 0.6 is 0 Å². The van der Waals surface area contributed by atoms with Gasteiger partial charge in [-0.15, -0.1) is 0 Å². The summed E-state index contributed by atoms with van der Waals surface area (Å²) >= 11 is 0. The SMILES string of the molecule is CCOC(=O)n1ccnc1Oc1ccccc1. The fourth-order valence-electron chi connectivity index (χ4n) is 1.29. The zero-order valence-electron chi connectivity index (χ0n) is 9.37. The number of carbonyl (C=O) groups is 1. The van der Waals surface area contributed by atoms with Crippen molar-refractivity contribution < 1.29 is 14.3 Å². The van der Waals surface area contributed by atoms with E-state index in [1.54, 1.807) is 19.1 Å². The smallest absolute Gasteiger partial charge is 0.422 e. The Morgan fingerprint density at radius 1 is 1.35 bits per heavy atom. The number of aromatic nitrogens is 2. The van der Waals surface area contributed by atoms with Crippen LogP contribution in [0.1, 0.15) is 6.92 Å². The van der Waals surface area contributed by atoms with Crippen molar-refractivity contribution in [2.24, 2.45) is 0 Å². The quantitative estimate of drug-likeness (QED) is 0.816. The van der Waals surface area contributed by atoms with Crippen molar-refractivity contribution in [2.45, 2.75) is 6.92 Å². The first-order chi connectivity index (χ1) is 8.31. The lowest BCUT2D eigenvalue weighted by Crippen LogP contribution is -2.13. The molecule has 0 aliphatic heterocycles. The Labute approximate surface area is 98.6 Å². The average Bonchev–Trinajstić information content (AvgIpc) is 2.79. The summed E-state index contributed by atoms with van der Waals surface area (Å²) < 4.78 is 11.6. The first-order valence-corrected chi connectivity index (χ1v) is 5.24. The fraction of sp³-hybridized carbons (Fsp3) is 0.167. The number of benzene rings is 1. The maximum Gasteiger partial charge on any atom is 0.422 e. The minimum Gasteiger partial charge on any atom is -0.449 e. The molecule has 17 heavy (non-hydrogen) atoms. The third-order valence-electron chi connectivity index (χ3n) is 2.02. The maximum atomic E-state index is 11.5. The van der Waals surface area contributed by atoms with Crippen molar-refractivity contribution in [2.75, 3.05) is 6.61 Å². The van der Waals surface area contributed by atoms with Crippen molar-refractivity contribution in [3.05, 3.63) is 42.7 Å². The van der Waals surface area contributed by atoms with Gasteiger partial charge in [0.1, 0.15) is 5.75 Å². The van der Waals surface area contributed by atoms with Crippen molar-refractivity contribution >= 4 is 6.09 Å². The van der Waals surface area contributed by atoms with Gasteiger partial charge in [0.05, 0.1) is 6.61 Å². The molecule has 0 fully saturated rings. The molecule has 0 radical (unpaired) electrons. The van der Waals surface area contributed by atoms with Crippen LogP contribution in [0.4, 0.5) is 4.79 Å². The van der Waals surface area contributed by atoms with Gasteiger partial charge in [0, 0.05) is 12.4 Å². The Morgan fingerprint density at radius 3 is 2.82 bits per heavy atom. The summed E-state index contributed by atoms with van der Waals surface area (Å²) in [6.07, 6.45) is 2.47. The summed E-state index contributed by atoms with van der Waals surface area (Å²) in [4.78, 5) is 15.5. The van der Waals surface area contributed by atoms with Crippen molar-refractivity contribution in [3.63, 3.8) is 0 Å². The highest BCUT2D eigenvalue weighted by atomic mass is 16.6. The first-order valence-electron chi connectivity index (χ1n) is 5.24. The molecule has 0 N–H and O–H groups in total. The molecule has 5 nitrogen and oxygen atoms in total. The van der Waals surface area contributed by atoms with Gasteiger partial charge in [-0.2, -0.15) is 0 Å². The Morgan fingerprint density at radius 2 is 2.12 bits per heavy atom. The second-order valence-corrected chi connectivity index (χ2v) is 3.19. The standard InChI is InChI=1S/C12H12N2O3/c1-2-16-12(15)14-9-8-13-11(14)17-10-6-4-3-5-7-10/h3-9H,2H2,1H3. The van der Waals surface area contributed by atoms with E-state index in [1.165, 1.54) is 17.0 Å². The summed E-state index contributed by atoms with van der Waals surface area (Å²) in [7, 11) is 0. The van der Waals surface area contributed by atoms with Crippen LogP contribution in [-0.4, -0.2) is 22.3 Å². The van der Waals surface area contributed by atoms with Crippen LogP contribution in [0, 0.1) is 0 Å².